The van der Waals surface area contributed by atoms with Crippen LogP contribution in [-0.2, 0) is 16.0 Å². The highest BCUT2D eigenvalue weighted by atomic mass is 16.5. The smallest absolute Gasteiger partial charge is 0.249 e. The van der Waals surface area contributed by atoms with Gasteiger partial charge in [0.2, 0.25) is 5.91 Å². The Morgan fingerprint density at radius 3 is 2.75 bits per heavy atom. The van der Waals surface area contributed by atoms with E-state index in [1.54, 1.807) is 6.20 Å². The highest BCUT2D eigenvalue weighted by molar-refractivity contribution is 5.81. The number of benzene rings is 1. The summed E-state index contributed by atoms with van der Waals surface area (Å²) in [6.45, 7) is 4.80. The molecule has 0 bridgehead atoms. The third-order valence-corrected chi connectivity index (χ3v) is 4.61. The van der Waals surface area contributed by atoms with E-state index in [4.69, 9.17) is 4.74 Å². The number of rotatable bonds is 5. The number of carbonyl (C=O) groups is 1. The van der Waals surface area contributed by atoms with E-state index in [-0.39, 0.29) is 24.0 Å². The van der Waals surface area contributed by atoms with Crippen molar-refractivity contribution in [3.8, 4) is 0 Å². The predicted octanol–water partition coefficient (Wildman–Crippen LogP) is 3.22. The maximum absolute atomic E-state index is 12.6. The molecule has 0 aliphatic carbocycles. The Morgan fingerprint density at radius 2 is 2.12 bits per heavy atom. The molecule has 2 aromatic rings. The summed E-state index contributed by atoms with van der Waals surface area (Å²) >= 11 is 0. The number of nitrogens with one attached hydrogen (secondary N) is 1. The Balaban J connectivity index is 1.77. The third-order valence-electron chi connectivity index (χ3n) is 4.61. The van der Waals surface area contributed by atoms with Gasteiger partial charge in [0.25, 0.3) is 0 Å². The summed E-state index contributed by atoms with van der Waals surface area (Å²) in [7, 11) is 0. The van der Waals surface area contributed by atoms with E-state index in [2.05, 4.69) is 48.4 Å². The number of nitrogens with zero attached hydrogens (tertiary/aromatic N) is 1. The Bertz CT molecular complexity index is 670. The Hall–Kier alpha value is -2.20. The van der Waals surface area contributed by atoms with Crippen LogP contribution in [0.15, 0.2) is 48.8 Å². The second-order valence-electron chi connectivity index (χ2n) is 6.59. The zero-order chi connectivity index (χ0) is 16.9. The van der Waals surface area contributed by atoms with Crippen molar-refractivity contribution in [3.05, 3.63) is 65.5 Å². The zero-order valence-corrected chi connectivity index (χ0v) is 14.2. The lowest BCUT2D eigenvalue weighted by Gasteiger charge is -2.22. The fourth-order valence-electron chi connectivity index (χ4n) is 3.08. The molecule has 1 aromatic heterocycles. The first-order chi connectivity index (χ1) is 11.6. The highest BCUT2D eigenvalue weighted by Crippen LogP contribution is 2.23. The summed E-state index contributed by atoms with van der Waals surface area (Å²) in [6, 6.07) is 12.2. The molecule has 1 aromatic carbocycles. The molecule has 1 fully saturated rings. The molecular formula is C20H24N2O2. The van der Waals surface area contributed by atoms with Crippen molar-refractivity contribution >= 4 is 5.91 Å². The molecule has 3 atom stereocenters. The Kier molecular flexibility index (Phi) is 5.26. The van der Waals surface area contributed by atoms with E-state index in [1.807, 2.05) is 18.3 Å². The fraction of sp³-hybridized carbons (Fsp3) is 0.400. The van der Waals surface area contributed by atoms with E-state index in [9.17, 15) is 4.79 Å². The molecule has 4 heteroatoms. The number of ether oxygens (including phenoxy) is 1. The summed E-state index contributed by atoms with van der Waals surface area (Å²) < 4.78 is 5.60. The van der Waals surface area contributed by atoms with Crippen LogP contribution in [0.3, 0.4) is 0 Å². The maximum Gasteiger partial charge on any atom is 0.249 e. The molecule has 1 aliphatic rings. The molecule has 126 valence electrons. The quantitative estimate of drug-likeness (QED) is 0.919. The minimum atomic E-state index is -0.345. The monoisotopic (exact) mass is 324 g/mol. The van der Waals surface area contributed by atoms with Crippen LogP contribution < -0.4 is 5.32 Å². The number of hydrogen-bond donors (Lipinski definition) is 1. The normalized spacial score (nSPS) is 21.4. The first kappa shape index (κ1) is 16.7. The Morgan fingerprint density at radius 1 is 1.33 bits per heavy atom. The summed E-state index contributed by atoms with van der Waals surface area (Å²) in [5.41, 5.74) is 3.43. The number of amides is 1. The van der Waals surface area contributed by atoms with Gasteiger partial charge in [-0.2, -0.15) is 0 Å². The highest BCUT2D eigenvalue weighted by Gasteiger charge is 2.32. The van der Waals surface area contributed by atoms with E-state index in [0.717, 1.165) is 18.4 Å². The fourth-order valence-corrected chi connectivity index (χ4v) is 3.08. The number of carbonyl (C=O) groups excluding carboxylic acids is 1. The van der Waals surface area contributed by atoms with E-state index < -0.39 is 0 Å². The molecule has 0 spiro atoms. The van der Waals surface area contributed by atoms with Crippen LogP contribution in [0.5, 0.6) is 0 Å². The second-order valence-corrected chi connectivity index (χ2v) is 6.59. The minimum Gasteiger partial charge on any atom is -0.368 e. The van der Waals surface area contributed by atoms with Gasteiger partial charge in [0, 0.05) is 19.0 Å². The second kappa shape index (κ2) is 7.58. The van der Waals surface area contributed by atoms with Crippen LogP contribution in [0, 0.1) is 12.8 Å². The number of aromatic nitrogens is 1. The predicted molar refractivity (Wildman–Crippen MR) is 93.5 cm³/mol. The maximum atomic E-state index is 12.6. The van der Waals surface area contributed by atoms with Gasteiger partial charge in [-0.05, 0) is 42.9 Å². The standard InChI is InChI=1S/C20H24N2O2/c1-14-5-7-16(8-6-14)12-18(17-4-3-10-21-13-17)22-20(23)19-15(2)9-11-24-19/h3-8,10,13,15,18-19H,9,11-12H2,1-2H3,(H,22,23). The van der Waals surface area contributed by atoms with Gasteiger partial charge in [-0.1, -0.05) is 42.8 Å². The van der Waals surface area contributed by atoms with Crippen LogP contribution >= 0.6 is 0 Å². The lowest BCUT2D eigenvalue weighted by atomic mass is 9.98. The van der Waals surface area contributed by atoms with Gasteiger partial charge in [0.1, 0.15) is 6.10 Å². The van der Waals surface area contributed by atoms with Gasteiger partial charge in [-0.25, -0.2) is 0 Å². The van der Waals surface area contributed by atoms with Gasteiger partial charge in [0.05, 0.1) is 6.04 Å². The summed E-state index contributed by atoms with van der Waals surface area (Å²) in [5.74, 6) is 0.236. The van der Waals surface area contributed by atoms with Gasteiger partial charge in [0.15, 0.2) is 0 Å². The SMILES string of the molecule is Cc1ccc(CC(NC(=O)C2OCCC2C)c2cccnc2)cc1. The first-order valence-corrected chi connectivity index (χ1v) is 8.51. The molecule has 4 nitrogen and oxygen atoms in total. The van der Waals surface area contributed by atoms with Crippen LogP contribution in [0.2, 0.25) is 0 Å². The lowest BCUT2D eigenvalue weighted by Crippen LogP contribution is -2.40. The molecule has 1 amide bonds. The van der Waals surface area contributed by atoms with Crippen molar-refractivity contribution < 1.29 is 9.53 Å². The van der Waals surface area contributed by atoms with Gasteiger partial charge in [-0.15, -0.1) is 0 Å². The van der Waals surface area contributed by atoms with Crippen LogP contribution in [0.1, 0.15) is 36.1 Å². The van der Waals surface area contributed by atoms with Crippen molar-refractivity contribution in [2.45, 2.75) is 38.8 Å². The first-order valence-electron chi connectivity index (χ1n) is 8.51. The van der Waals surface area contributed by atoms with E-state index >= 15 is 0 Å². The zero-order valence-electron chi connectivity index (χ0n) is 14.2. The third kappa shape index (κ3) is 4.01. The van der Waals surface area contributed by atoms with Crippen LogP contribution in [0.4, 0.5) is 0 Å². The minimum absolute atomic E-state index is 0.0269. The average molecular weight is 324 g/mol. The molecule has 0 saturated carbocycles. The molecule has 1 saturated heterocycles. The molecule has 24 heavy (non-hydrogen) atoms. The van der Waals surface area contributed by atoms with Crippen molar-refractivity contribution in [1.29, 1.82) is 0 Å². The molecule has 3 unspecified atom stereocenters. The van der Waals surface area contributed by atoms with Gasteiger partial charge < -0.3 is 10.1 Å². The van der Waals surface area contributed by atoms with Crippen molar-refractivity contribution in [3.63, 3.8) is 0 Å². The van der Waals surface area contributed by atoms with Crippen molar-refractivity contribution in [2.24, 2.45) is 5.92 Å². The number of aryl methyl sites for hydroxylation is 1. The van der Waals surface area contributed by atoms with Crippen LogP contribution in [0.25, 0.3) is 0 Å². The van der Waals surface area contributed by atoms with E-state index in [1.165, 1.54) is 11.1 Å². The number of pyridine rings is 1. The van der Waals surface area contributed by atoms with Crippen molar-refractivity contribution in [1.82, 2.24) is 10.3 Å². The molecule has 0 radical (unpaired) electrons. The molecule has 1 aliphatic heterocycles. The molecular weight excluding hydrogens is 300 g/mol. The van der Waals surface area contributed by atoms with Crippen molar-refractivity contribution in [2.75, 3.05) is 6.61 Å². The van der Waals surface area contributed by atoms with Gasteiger partial charge >= 0.3 is 0 Å². The van der Waals surface area contributed by atoms with Gasteiger partial charge in [-0.3, -0.25) is 9.78 Å². The lowest BCUT2D eigenvalue weighted by molar-refractivity contribution is -0.132. The largest absolute Gasteiger partial charge is 0.368 e. The summed E-state index contributed by atoms with van der Waals surface area (Å²) in [5, 5.41) is 3.16. The Labute approximate surface area is 143 Å². The molecule has 3 rings (SSSR count). The topological polar surface area (TPSA) is 51.2 Å². The molecule has 2 heterocycles. The summed E-state index contributed by atoms with van der Waals surface area (Å²) in [4.78, 5) is 16.8. The molecule has 1 N–H and O–H groups in total. The van der Waals surface area contributed by atoms with E-state index in [0.29, 0.717) is 6.61 Å². The summed E-state index contributed by atoms with van der Waals surface area (Å²) in [6.07, 6.45) is 4.89. The number of hydrogen-bond acceptors (Lipinski definition) is 3. The average Bonchev–Trinajstić information content (AvgIpc) is 3.03. The van der Waals surface area contributed by atoms with Crippen LogP contribution in [-0.4, -0.2) is 23.6 Å².